The van der Waals surface area contributed by atoms with Crippen molar-refractivity contribution in [1.29, 1.82) is 0 Å². The average Bonchev–Trinajstić information content (AvgIpc) is 3.03. The number of aromatic nitrogens is 2. The van der Waals surface area contributed by atoms with Crippen molar-refractivity contribution in [2.75, 3.05) is 5.32 Å². The predicted octanol–water partition coefficient (Wildman–Crippen LogP) is 3.12. The van der Waals surface area contributed by atoms with Crippen LogP contribution < -0.4 is 5.32 Å². The number of carboxylic acid groups (broad SMARTS) is 1. The normalized spacial score (nSPS) is 19.0. The van der Waals surface area contributed by atoms with Crippen LogP contribution in [0.15, 0.2) is 10.6 Å². The maximum Gasteiger partial charge on any atom is 0.312 e. The molecule has 2 aromatic rings. The van der Waals surface area contributed by atoms with Gasteiger partial charge in [-0.2, -0.15) is 0 Å². The Kier molecular flexibility index (Phi) is 3.67. The van der Waals surface area contributed by atoms with Crippen molar-refractivity contribution in [3.8, 4) is 0 Å². The van der Waals surface area contributed by atoms with Crippen LogP contribution in [-0.4, -0.2) is 21.0 Å². The third-order valence-corrected chi connectivity index (χ3v) is 4.66. The second kappa shape index (κ2) is 5.48. The number of thiazole rings is 1. The maximum absolute atomic E-state index is 11.3. The lowest BCUT2D eigenvalue weighted by Gasteiger charge is -2.16. The van der Waals surface area contributed by atoms with E-state index in [9.17, 15) is 9.90 Å². The number of nitrogens with zero attached hydrogens (tertiary/aromatic N) is 2. The van der Waals surface area contributed by atoms with Gasteiger partial charge in [0.2, 0.25) is 5.89 Å². The van der Waals surface area contributed by atoms with Gasteiger partial charge < -0.3 is 14.8 Å². The molecular formula is C14H17N3O3S. The van der Waals surface area contributed by atoms with Gasteiger partial charge in [0.15, 0.2) is 5.13 Å². The van der Waals surface area contributed by atoms with E-state index >= 15 is 0 Å². The number of fused-ring (bicyclic) bond motifs is 1. The quantitative estimate of drug-likeness (QED) is 0.902. The maximum atomic E-state index is 11.3. The summed E-state index contributed by atoms with van der Waals surface area (Å²) in [6, 6.07) is -0.102. The summed E-state index contributed by atoms with van der Waals surface area (Å²) >= 11 is 1.53. The van der Waals surface area contributed by atoms with Crippen LogP contribution in [0.25, 0.3) is 0 Å². The number of carbonyl (C=O) groups is 1. The summed E-state index contributed by atoms with van der Waals surface area (Å²) in [6.07, 6.45) is 4.16. The Morgan fingerprint density at radius 1 is 1.62 bits per heavy atom. The molecule has 0 fully saturated rings. The van der Waals surface area contributed by atoms with Gasteiger partial charge in [0, 0.05) is 4.88 Å². The highest BCUT2D eigenvalue weighted by Crippen LogP contribution is 2.37. The summed E-state index contributed by atoms with van der Waals surface area (Å²) in [5.74, 6) is 0.113. The van der Waals surface area contributed by atoms with Crippen molar-refractivity contribution in [2.45, 2.75) is 45.1 Å². The molecule has 2 unspecified atom stereocenters. The second-order valence-corrected chi connectivity index (χ2v) is 6.37. The molecule has 2 heterocycles. The minimum atomic E-state index is -0.788. The van der Waals surface area contributed by atoms with Gasteiger partial charge in [-0.25, -0.2) is 9.97 Å². The van der Waals surface area contributed by atoms with E-state index in [4.69, 9.17) is 4.42 Å². The fourth-order valence-corrected chi connectivity index (χ4v) is 3.69. The molecular weight excluding hydrogens is 290 g/mol. The predicted molar refractivity (Wildman–Crippen MR) is 78.7 cm³/mol. The Hall–Kier alpha value is -1.89. The van der Waals surface area contributed by atoms with Crippen molar-refractivity contribution in [1.82, 2.24) is 9.97 Å². The molecule has 6 nitrogen and oxygen atoms in total. The van der Waals surface area contributed by atoms with E-state index in [2.05, 4.69) is 15.3 Å². The topological polar surface area (TPSA) is 88.2 Å². The molecule has 0 aliphatic heterocycles. The standard InChI is InChI=1S/C14H17N3O3S/c1-7-6-15-12(20-7)8(2)16-14-17-11-9(13(18)19)4-3-5-10(11)21-14/h6,8-9H,3-5H2,1-2H3,(H,16,17)(H,18,19). The van der Waals surface area contributed by atoms with E-state index in [1.54, 1.807) is 6.20 Å². The zero-order valence-corrected chi connectivity index (χ0v) is 12.7. The number of nitrogens with one attached hydrogen (secondary N) is 1. The lowest BCUT2D eigenvalue weighted by atomic mass is 9.91. The van der Waals surface area contributed by atoms with Gasteiger partial charge in [-0.15, -0.1) is 11.3 Å². The first-order valence-corrected chi connectivity index (χ1v) is 7.77. The molecule has 0 aromatic carbocycles. The van der Waals surface area contributed by atoms with E-state index in [0.717, 1.165) is 34.3 Å². The van der Waals surface area contributed by atoms with Crippen molar-refractivity contribution in [3.63, 3.8) is 0 Å². The molecule has 2 N–H and O–H groups in total. The molecule has 21 heavy (non-hydrogen) atoms. The number of hydrogen-bond donors (Lipinski definition) is 2. The highest BCUT2D eigenvalue weighted by Gasteiger charge is 2.30. The van der Waals surface area contributed by atoms with E-state index < -0.39 is 11.9 Å². The van der Waals surface area contributed by atoms with Crippen LogP contribution in [0.5, 0.6) is 0 Å². The smallest absolute Gasteiger partial charge is 0.312 e. The first-order chi connectivity index (χ1) is 10.0. The van der Waals surface area contributed by atoms with Gasteiger partial charge >= 0.3 is 5.97 Å². The number of aryl methyl sites for hydroxylation is 2. The second-order valence-electron chi connectivity index (χ2n) is 5.29. The Morgan fingerprint density at radius 2 is 2.43 bits per heavy atom. The summed E-state index contributed by atoms with van der Waals surface area (Å²) in [6.45, 7) is 3.79. The number of rotatable bonds is 4. The van der Waals surface area contributed by atoms with Crippen LogP contribution in [0, 0.1) is 6.92 Å². The molecule has 3 rings (SSSR count). The number of carboxylic acids is 1. The lowest BCUT2D eigenvalue weighted by molar-refractivity contribution is -0.139. The largest absolute Gasteiger partial charge is 0.481 e. The molecule has 2 atom stereocenters. The van der Waals surface area contributed by atoms with Gasteiger partial charge in [-0.05, 0) is 33.1 Å². The summed E-state index contributed by atoms with van der Waals surface area (Å²) in [5, 5.41) is 13.3. The summed E-state index contributed by atoms with van der Waals surface area (Å²) in [7, 11) is 0. The SMILES string of the molecule is Cc1cnc(C(C)Nc2nc3c(s2)CCCC3C(=O)O)o1. The summed E-state index contributed by atoms with van der Waals surface area (Å²) in [4.78, 5) is 21.0. The van der Waals surface area contributed by atoms with Crippen LogP contribution in [0.4, 0.5) is 5.13 Å². The van der Waals surface area contributed by atoms with Crippen LogP contribution in [0.2, 0.25) is 0 Å². The Balaban J connectivity index is 1.80. The fraction of sp³-hybridized carbons (Fsp3) is 0.500. The average molecular weight is 307 g/mol. The van der Waals surface area contributed by atoms with Crippen LogP contribution in [-0.2, 0) is 11.2 Å². The summed E-state index contributed by atoms with van der Waals surface area (Å²) < 4.78 is 5.49. The number of aliphatic carboxylic acids is 1. The lowest BCUT2D eigenvalue weighted by Crippen LogP contribution is -2.17. The molecule has 0 saturated heterocycles. The Morgan fingerprint density at radius 3 is 3.10 bits per heavy atom. The van der Waals surface area contributed by atoms with Gasteiger partial charge in [0.1, 0.15) is 17.7 Å². The van der Waals surface area contributed by atoms with Gasteiger partial charge in [-0.1, -0.05) is 0 Å². The first-order valence-electron chi connectivity index (χ1n) is 6.96. The van der Waals surface area contributed by atoms with Gasteiger partial charge in [0.25, 0.3) is 0 Å². The number of anilines is 1. The molecule has 0 amide bonds. The van der Waals surface area contributed by atoms with Crippen LogP contribution >= 0.6 is 11.3 Å². The molecule has 0 saturated carbocycles. The van der Waals surface area contributed by atoms with Crippen LogP contribution in [0.3, 0.4) is 0 Å². The molecule has 0 spiro atoms. The molecule has 1 aliphatic carbocycles. The third-order valence-electron chi connectivity index (χ3n) is 3.60. The number of hydrogen-bond acceptors (Lipinski definition) is 6. The van der Waals surface area contributed by atoms with Crippen molar-refractivity contribution < 1.29 is 14.3 Å². The minimum Gasteiger partial charge on any atom is -0.481 e. The zero-order valence-electron chi connectivity index (χ0n) is 11.9. The summed E-state index contributed by atoms with van der Waals surface area (Å²) in [5.41, 5.74) is 0.719. The van der Waals surface area contributed by atoms with E-state index in [1.807, 2.05) is 13.8 Å². The van der Waals surface area contributed by atoms with Gasteiger partial charge in [-0.3, -0.25) is 4.79 Å². The van der Waals surface area contributed by atoms with E-state index in [0.29, 0.717) is 12.3 Å². The van der Waals surface area contributed by atoms with Crippen LogP contribution in [0.1, 0.15) is 53.9 Å². The van der Waals surface area contributed by atoms with Crippen molar-refractivity contribution in [3.05, 3.63) is 28.4 Å². The van der Waals surface area contributed by atoms with Crippen molar-refractivity contribution in [2.24, 2.45) is 0 Å². The van der Waals surface area contributed by atoms with E-state index in [1.165, 1.54) is 11.3 Å². The molecule has 0 radical (unpaired) electrons. The molecule has 0 bridgehead atoms. The van der Waals surface area contributed by atoms with E-state index in [-0.39, 0.29) is 6.04 Å². The zero-order chi connectivity index (χ0) is 15.0. The molecule has 7 heteroatoms. The van der Waals surface area contributed by atoms with Gasteiger partial charge in [0.05, 0.1) is 11.9 Å². The molecule has 2 aromatic heterocycles. The highest BCUT2D eigenvalue weighted by molar-refractivity contribution is 7.15. The Labute approximate surface area is 126 Å². The monoisotopic (exact) mass is 307 g/mol. The number of oxazole rings is 1. The first kappa shape index (κ1) is 14.1. The highest BCUT2D eigenvalue weighted by atomic mass is 32.1. The Bertz CT molecular complexity index is 664. The van der Waals surface area contributed by atoms with Crippen molar-refractivity contribution >= 4 is 22.4 Å². The third kappa shape index (κ3) is 2.78. The minimum absolute atomic E-state index is 0.102. The fourth-order valence-electron chi connectivity index (χ4n) is 2.54. The molecule has 1 aliphatic rings. The molecule has 112 valence electrons.